The van der Waals surface area contributed by atoms with Crippen molar-refractivity contribution in [2.75, 3.05) is 0 Å². The number of halogens is 2. The second-order valence-electron chi connectivity index (χ2n) is 2.64. The largest absolute Gasteiger partial charge is 0.276 e. The summed E-state index contributed by atoms with van der Waals surface area (Å²) in [4.78, 5) is 10.6. The van der Waals surface area contributed by atoms with Crippen LogP contribution in [0.25, 0.3) is 5.57 Å². The SMILES string of the molecule is C/C(=C/C(=O)Cl)c1ccc(Br)cc1. The molecule has 68 valence electrons. The standard InChI is InChI=1S/C10H8BrClO/c1-7(6-10(12)13)8-2-4-9(11)5-3-8/h2-6H,1H3/b7-6-. The van der Waals surface area contributed by atoms with E-state index in [9.17, 15) is 4.79 Å². The van der Waals surface area contributed by atoms with Gasteiger partial charge in [-0.15, -0.1) is 0 Å². The van der Waals surface area contributed by atoms with Crippen LogP contribution in [0.5, 0.6) is 0 Å². The van der Waals surface area contributed by atoms with Crippen molar-refractivity contribution < 1.29 is 4.79 Å². The number of hydrogen-bond acceptors (Lipinski definition) is 1. The molecule has 1 aromatic carbocycles. The highest BCUT2D eigenvalue weighted by Gasteiger charge is 1.97. The Kier molecular flexibility index (Phi) is 3.70. The van der Waals surface area contributed by atoms with Crippen molar-refractivity contribution in [2.45, 2.75) is 6.92 Å². The van der Waals surface area contributed by atoms with Crippen LogP contribution >= 0.6 is 27.5 Å². The molecule has 0 radical (unpaired) electrons. The number of allylic oxidation sites excluding steroid dienone is 2. The summed E-state index contributed by atoms with van der Waals surface area (Å²) in [6.45, 7) is 1.85. The van der Waals surface area contributed by atoms with Gasteiger partial charge in [-0.2, -0.15) is 0 Å². The number of benzene rings is 1. The van der Waals surface area contributed by atoms with E-state index in [1.807, 2.05) is 31.2 Å². The summed E-state index contributed by atoms with van der Waals surface area (Å²) in [5.74, 6) is 0. The normalized spacial score (nSPS) is 11.5. The van der Waals surface area contributed by atoms with E-state index >= 15 is 0 Å². The Balaban J connectivity index is 2.96. The van der Waals surface area contributed by atoms with Crippen molar-refractivity contribution in [2.24, 2.45) is 0 Å². The van der Waals surface area contributed by atoms with Crippen molar-refractivity contribution in [1.29, 1.82) is 0 Å². The van der Waals surface area contributed by atoms with Crippen LogP contribution in [0.1, 0.15) is 12.5 Å². The first-order chi connectivity index (χ1) is 6.09. The second-order valence-corrected chi connectivity index (χ2v) is 3.93. The summed E-state index contributed by atoms with van der Waals surface area (Å²) >= 11 is 8.56. The Morgan fingerprint density at radius 3 is 2.38 bits per heavy atom. The smallest absolute Gasteiger partial charge is 0.245 e. The van der Waals surface area contributed by atoms with E-state index < -0.39 is 5.24 Å². The topological polar surface area (TPSA) is 17.1 Å². The van der Waals surface area contributed by atoms with Gasteiger partial charge in [0, 0.05) is 10.5 Å². The highest BCUT2D eigenvalue weighted by Crippen LogP contribution is 2.17. The van der Waals surface area contributed by atoms with E-state index in [0.29, 0.717) is 0 Å². The van der Waals surface area contributed by atoms with Gasteiger partial charge >= 0.3 is 0 Å². The average molecular weight is 260 g/mol. The molecule has 0 spiro atoms. The maximum atomic E-state index is 10.6. The Bertz CT molecular complexity index is 340. The van der Waals surface area contributed by atoms with E-state index in [4.69, 9.17) is 11.6 Å². The quantitative estimate of drug-likeness (QED) is 0.586. The minimum atomic E-state index is -0.444. The Morgan fingerprint density at radius 2 is 1.92 bits per heavy atom. The zero-order valence-electron chi connectivity index (χ0n) is 7.05. The molecule has 0 amide bonds. The molecule has 1 rings (SSSR count). The van der Waals surface area contributed by atoms with Crippen LogP contribution < -0.4 is 0 Å². The third-order valence-corrected chi connectivity index (χ3v) is 2.27. The average Bonchev–Trinajstić information content (AvgIpc) is 2.04. The molecule has 0 saturated carbocycles. The molecule has 0 aliphatic carbocycles. The van der Waals surface area contributed by atoms with Gasteiger partial charge in [-0.05, 0) is 41.8 Å². The molecule has 0 fully saturated rings. The van der Waals surface area contributed by atoms with Crippen molar-refractivity contribution in [3.63, 3.8) is 0 Å². The molecule has 3 heteroatoms. The maximum Gasteiger partial charge on any atom is 0.245 e. The van der Waals surface area contributed by atoms with E-state index in [1.54, 1.807) is 0 Å². The van der Waals surface area contributed by atoms with Gasteiger partial charge in [-0.1, -0.05) is 28.1 Å². The first-order valence-electron chi connectivity index (χ1n) is 3.73. The fraction of sp³-hybridized carbons (Fsp3) is 0.100. The van der Waals surface area contributed by atoms with Crippen molar-refractivity contribution in [3.8, 4) is 0 Å². The van der Waals surface area contributed by atoms with Crippen LogP contribution in [0, 0.1) is 0 Å². The lowest BCUT2D eigenvalue weighted by Gasteiger charge is -1.99. The molecule has 13 heavy (non-hydrogen) atoms. The first kappa shape index (κ1) is 10.5. The monoisotopic (exact) mass is 258 g/mol. The lowest BCUT2D eigenvalue weighted by Crippen LogP contribution is -1.83. The lowest BCUT2D eigenvalue weighted by atomic mass is 10.1. The molecule has 0 aliphatic heterocycles. The summed E-state index contributed by atoms with van der Waals surface area (Å²) in [6.07, 6.45) is 1.41. The highest BCUT2D eigenvalue weighted by atomic mass is 79.9. The highest BCUT2D eigenvalue weighted by molar-refractivity contribution is 9.10. The molecular weight excluding hydrogens is 251 g/mol. The van der Waals surface area contributed by atoms with Crippen LogP contribution in [0.4, 0.5) is 0 Å². The molecule has 0 aromatic heterocycles. The van der Waals surface area contributed by atoms with Gasteiger partial charge in [0.25, 0.3) is 0 Å². The summed E-state index contributed by atoms with van der Waals surface area (Å²) in [5.41, 5.74) is 1.87. The van der Waals surface area contributed by atoms with E-state index in [2.05, 4.69) is 15.9 Å². The summed E-state index contributed by atoms with van der Waals surface area (Å²) < 4.78 is 1.02. The minimum Gasteiger partial charge on any atom is -0.276 e. The summed E-state index contributed by atoms with van der Waals surface area (Å²) in [6, 6.07) is 7.70. The van der Waals surface area contributed by atoms with Gasteiger partial charge in [0.2, 0.25) is 5.24 Å². The number of rotatable bonds is 2. The van der Waals surface area contributed by atoms with Gasteiger partial charge in [0.1, 0.15) is 0 Å². The predicted molar refractivity (Wildman–Crippen MR) is 58.7 cm³/mol. The Labute approximate surface area is 90.5 Å². The Morgan fingerprint density at radius 1 is 1.38 bits per heavy atom. The van der Waals surface area contributed by atoms with Gasteiger partial charge in [-0.3, -0.25) is 4.79 Å². The molecule has 0 heterocycles. The van der Waals surface area contributed by atoms with E-state index in [1.165, 1.54) is 6.08 Å². The zero-order valence-corrected chi connectivity index (χ0v) is 9.39. The van der Waals surface area contributed by atoms with Crippen molar-refractivity contribution in [3.05, 3.63) is 40.4 Å². The van der Waals surface area contributed by atoms with E-state index in [-0.39, 0.29) is 0 Å². The maximum absolute atomic E-state index is 10.6. The van der Waals surface area contributed by atoms with Crippen molar-refractivity contribution in [1.82, 2.24) is 0 Å². The van der Waals surface area contributed by atoms with Crippen LogP contribution in [-0.2, 0) is 4.79 Å². The fourth-order valence-corrected chi connectivity index (χ4v) is 1.39. The van der Waals surface area contributed by atoms with Crippen molar-refractivity contribution >= 4 is 38.3 Å². The molecule has 1 aromatic rings. The van der Waals surface area contributed by atoms with Crippen LogP contribution in [0.15, 0.2) is 34.8 Å². The third kappa shape index (κ3) is 3.33. The molecule has 0 aliphatic rings. The zero-order chi connectivity index (χ0) is 9.84. The van der Waals surface area contributed by atoms with Gasteiger partial charge in [0.15, 0.2) is 0 Å². The minimum absolute atomic E-state index is 0.444. The molecule has 0 saturated heterocycles. The molecule has 1 nitrogen and oxygen atoms in total. The van der Waals surface area contributed by atoms with Gasteiger partial charge in [0.05, 0.1) is 0 Å². The Hall–Kier alpha value is -0.600. The molecule has 0 bridgehead atoms. The molecular formula is C10H8BrClO. The predicted octanol–water partition coefficient (Wildman–Crippen LogP) is 3.62. The number of carbonyl (C=O) groups excluding carboxylic acids is 1. The summed E-state index contributed by atoms with van der Waals surface area (Å²) in [5, 5.41) is -0.444. The molecule has 0 N–H and O–H groups in total. The van der Waals surface area contributed by atoms with Crippen LogP contribution in [0.2, 0.25) is 0 Å². The van der Waals surface area contributed by atoms with Crippen LogP contribution in [-0.4, -0.2) is 5.24 Å². The molecule has 0 atom stereocenters. The third-order valence-electron chi connectivity index (χ3n) is 1.63. The van der Waals surface area contributed by atoms with Gasteiger partial charge in [-0.25, -0.2) is 0 Å². The second kappa shape index (κ2) is 4.58. The summed E-state index contributed by atoms with van der Waals surface area (Å²) in [7, 11) is 0. The van der Waals surface area contributed by atoms with E-state index in [0.717, 1.165) is 15.6 Å². The fourth-order valence-electron chi connectivity index (χ4n) is 0.966. The lowest BCUT2D eigenvalue weighted by molar-refractivity contribution is -0.107. The van der Waals surface area contributed by atoms with Gasteiger partial charge < -0.3 is 0 Å². The number of carbonyl (C=O) groups is 1. The molecule has 0 unspecified atom stereocenters. The van der Waals surface area contributed by atoms with Crippen LogP contribution in [0.3, 0.4) is 0 Å². The first-order valence-corrected chi connectivity index (χ1v) is 4.90. The number of hydrogen-bond donors (Lipinski definition) is 0.